The number of benzene rings is 1. The largest absolute Gasteiger partial charge is 0.416 e. The first-order valence-corrected chi connectivity index (χ1v) is 7.03. The molecule has 0 aliphatic heterocycles. The lowest BCUT2D eigenvalue weighted by molar-refractivity contribution is -0.144. The first-order valence-electron chi connectivity index (χ1n) is 7.03. The lowest BCUT2D eigenvalue weighted by Gasteiger charge is -2.31. The van der Waals surface area contributed by atoms with Crippen LogP contribution >= 0.6 is 0 Å². The molecule has 1 aliphatic carbocycles. The van der Waals surface area contributed by atoms with E-state index in [-0.39, 0.29) is 18.5 Å². The first-order chi connectivity index (χ1) is 10.5. The molecule has 4 nitrogen and oxygen atoms in total. The number of hydrogen-bond acceptors (Lipinski definition) is 3. The zero-order valence-corrected chi connectivity index (χ0v) is 12.7. The van der Waals surface area contributed by atoms with E-state index < -0.39 is 40.5 Å². The molecule has 0 bridgehead atoms. The Balaban J connectivity index is 2.10. The van der Waals surface area contributed by atoms with Crippen LogP contribution in [0.3, 0.4) is 0 Å². The number of halogens is 3. The molecule has 1 aromatic carbocycles. The Morgan fingerprint density at radius 1 is 1.09 bits per heavy atom. The van der Waals surface area contributed by atoms with E-state index in [1.807, 2.05) is 0 Å². The molecular weight excluding hydrogens is 311 g/mol. The zero-order valence-electron chi connectivity index (χ0n) is 12.7. The van der Waals surface area contributed by atoms with Crippen LogP contribution in [0.5, 0.6) is 0 Å². The molecule has 2 rings (SSSR count). The smallest absolute Gasteiger partial charge is 0.325 e. The zero-order chi connectivity index (χ0) is 17.4. The summed E-state index contributed by atoms with van der Waals surface area (Å²) in [5.74, 6) is -3.10. The number of carbonyl (C=O) groups excluding carboxylic acids is 3. The van der Waals surface area contributed by atoms with E-state index in [0.717, 1.165) is 24.3 Å². The normalized spacial score (nSPS) is 18.8. The Labute approximate surface area is 131 Å². The lowest BCUT2D eigenvalue weighted by atomic mass is 9.71. The summed E-state index contributed by atoms with van der Waals surface area (Å²) in [5, 5.41) is 2.33. The standard InChI is InChI=1S/C16H16F3NO3/c1-15(2)7-11(21)13(12(22)8-15)14(23)20-10-5-3-9(4-6-10)16(17,18)19/h3-6,13H,7-8H2,1-2H3,(H,20,23). The van der Waals surface area contributed by atoms with E-state index in [9.17, 15) is 27.6 Å². The molecule has 23 heavy (non-hydrogen) atoms. The van der Waals surface area contributed by atoms with E-state index >= 15 is 0 Å². The molecule has 1 aromatic rings. The van der Waals surface area contributed by atoms with Crippen LogP contribution in [0.15, 0.2) is 24.3 Å². The van der Waals surface area contributed by atoms with Crippen molar-refractivity contribution >= 4 is 23.2 Å². The Morgan fingerprint density at radius 3 is 2.00 bits per heavy atom. The number of Topliss-reactive ketones (excluding diaryl/α,β-unsaturated/α-hetero) is 2. The summed E-state index contributed by atoms with van der Waals surface area (Å²) in [6.07, 6.45) is -4.24. The fourth-order valence-electron chi connectivity index (χ4n) is 2.64. The lowest BCUT2D eigenvalue weighted by Crippen LogP contribution is -2.44. The van der Waals surface area contributed by atoms with Gasteiger partial charge >= 0.3 is 6.18 Å². The Hall–Kier alpha value is -2.18. The van der Waals surface area contributed by atoms with E-state index in [0.29, 0.717) is 0 Å². The van der Waals surface area contributed by atoms with E-state index in [1.54, 1.807) is 13.8 Å². The van der Waals surface area contributed by atoms with Gasteiger partial charge in [-0.1, -0.05) is 13.8 Å². The molecule has 1 aliphatic rings. The van der Waals surface area contributed by atoms with Gasteiger partial charge in [0.05, 0.1) is 5.56 Å². The second-order valence-corrected chi connectivity index (χ2v) is 6.45. The Bertz CT molecular complexity index is 628. The molecule has 1 saturated carbocycles. The third-order valence-electron chi connectivity index (χ3n) is 3.69. The molecule has 1 amide bonds. The van der Waals surface area contributed by atoms with Crippen LogP contribution in [0.4, 0.5) is 18.9 Å². The number of amides is 1. The van der Waals surface area contributed by atoms with Crippen LogP contribution in [0, 0.1) is 11.3 Å². The summed E-state index contributed by atoms with van der Waals surface area (Å²) in [6.45, 7) is 3.54. The molecule has 124 valence electrons. The second kappa shape index (κ2) is 5.79. The average molecular weight is 327 g/mol. The van der Waals surface area contributed by atoms with Gasteiger partial charge in [0.25, 0.3) is 0 Å². The van der Waals surface area contributed by atoms with Crippen LogP contribution < -0.4 is 5.32 Å². The van der Waals surface area contributed by atoms with Crippen LogP contribution in [0.25, 0.3) is 0 Å². The predicted molar refractivity (Wildman–Crippen MR) is 76.6 cm³/mol. The molecule has 1 N–H and O–H groups in total. The first kappa shape index (κ1) is 17.2. The van der Waals surface area contributed by atoms with Crippen LogP contribution in [-0.2, 0) is 20.6 Å². The minimum Gasteiger partial charge on any atom is -0.325 e. The minimum absolute atomic E-state index is 0.105. The number of nitrogens with one attached hydrogen (secondary N) is 1. The van der Waals surface area contributed by atoms with Crippen molar-refractivity contribution in [1.29, 1.82) is 0 Å². The minimum atomic E-state index is -4.47. The summed E-state index contributed by atoms with van der Waals surface area (Å²) in [5.41, 5.74) is -1.21. The van der Waals surface area contributed by atoms with Crippen LogP contribution in [-0.4, -0.2) is 17.5 Å². The predicted octanol–water partition coefficient (Wildman–Crippen LogP) is 3.22. The van der Waals surface area contributed by atoms with Gasteiger partial charge < -0.3 is 5.32 Å². The molecule has 1 fully saturated rings. The molecule has 0 spiro atoms. The van der Waals surface area contributed by atoms with Crippen LogP contribution in [0.2, 0.25) is 0 Å². The highest BCUT2D eigenvalue weighted by molar-refractivity contribution is 6.23. The molecule has 0 unspecified atom stereocenters. The third-order valence-corrected chi connectivity index (χ3v) is 3.69. The van der Waals surface area contributed by atoms with Crippen molar-refractivity contribution < 1.29 is 27.6 Å². The van der Waals surface area contributed by atoms with Gasteiger partial charge in [-0.3, -0.25) is 14.4 Å². The molecule has 0 heterocycles. The third kappa shape index (κ3) is 3.97. The van der Waals surface area contributed by atoms with Gasteiger partial charge in [0.1, 0.15) is 0 Å². The molecule has 0 saturated heterocycles. The monoisotopic (exact) mass is 327 g/mol. The van der Waals surface area contributed by atoms with Gasteiger partial charge in [0, 0.05) is 18.5 Å². The number of rotatable bonds is 2. The van der Waals surface area contributed by atoms with Crippen molar-refractivity contribution in [2.45, 2.75) is 32.9 Å². The summed E-state index contributed by atoms with van der Waals surface area (Å²) in [7, 11) is 0. The fraction of sp³-hybridized carbons (Fsp3) is 0.438. The second-order valence-electron chi connectivity index (χ2n) is 6.45. The van der Waals surface area contributed by atoms with Gasteiger partial charge in [-0.25, -0.2) is 0 Å². The maximum absolute atomic E-state index is 12.5. The van der Waals surface area contributed by atoms with Crippen molar-refractivity contribution in [1.82, 2.24) is 0 Å². The van der Waals surface area contributed by atoms with Gasteiger partial charge in [-0.05, 0) is 29.7 Å². The van der Waals surface area contributed by atoms with Crippen molar-refractivity contribution in [3.05, 3.63) is 29.8 Å². The van der Waals surface area contributed by atoms with Crippen molar-refractivity contribution in [2.75, 3.05) is 5.32 Å². The van der Waals surface area contributed by atoms with Crippen molar-refractivity contribution in [3.8, 4) is 0 Å². The number of anilines is 1. The van der Waals surface area contributed by atoms with Crippen molar-refractivity contribution in [2.24, 2.45) is 11.3 Å². The molecule has 0 atom stereocenters. The van der Waals surface area contributed by atoms with E-state index in [1.165, 1.54) is 0 Å². The van der Waals surface area contributed by atoms with Gasteiger partial charge in [-0.2, -0.15) is 13.2 Å². The highest BCUT2D eigenvalue weighted by atomic mass is 19.4. The maximum Gasteiger partial charge on any atom is 0.416 e. The van der Waals surface area contributed by atoms with E-state index in [2.05, 4.69) is 5.32 Å². The summed E-state index contributed by atoms with van der Waals surface area (Å²) in [4.78, 5) is 36.1. The Kier molecular flexibility index (Phi) is 4.32. The quantitative estimate of drug-likeness (QED) is 0.848. The molecule has 0 radical (unpaired) electrons. The van der Waals surface area contributed by atoms with Crippen LogP contribution in [0.1, 0.15) is 32.3 Å². The SMILES string of the molecule is CC1(C)CC(=O)C(C(=O)Nc2ccc(C(F)(F)F)cc2)C(=O)C1. The number of hydrogen-bond donors (Lipinski definition) is 1. The average Bonchev–Trinajstić information content (AvgIpc) is 2.35. The highest BCUT2D eigenvalue weighted by Gasteiger charge is 2.43. The van der Waals surface area contributed by atoms with E-state index in [4.69, 9.17) is 0 Å². The number of ketones is 2. The van der Waals surface area contributed by atoms with Gasteiger partial charge in [-0.15, -0.1) is 0 Å². The van der Waals surface area contributed by atoms with Crippen molar-refractivity contribution in [3.63, 3.8) is 0 Å². The molecule has 0 aromatic heterocycles. The fourth-order valence-corrected chi connectivity index (χ4v) is 2.64. The van der Waals surface area contributed by atoms with Gasteiger partial charge in [0.2, 0.25) is 5.91 Å². The summed E-state index contributed by atoms with van der Waals surface area (Å²) >= 11 is 0. The number of alkyl halides is 3. The summed E-state index contributed by atoms with van der Waals surface area (Å²) in [6, 6.07) is 3.82. The Morgan fingerprint density at radius 2 is 1.57 bits per heavy atom. The molecule has 7 heteroatoms. The maximum atomic E-state index is 12.5. The number of carbonyl (C=O) groups is 3. The van der Waals surface area contributed by atoms with Gasteiger partial charge in [0.15, 0.2) is 17.5 Å². The topological polar surface area (TPSA) is 63.2 Å². The highest BCUT2D eigenvalue weighted by Crippen LogP contribution is 2.34. The summed E-state index contributed by atoms with van der Waals surface area (Å²) < 4.78 is 37.4. The molecular formula is C16H16F3NO3.